The number of unbranched alkanes of at least 4 members (excludes halogenated alkanes) is 3. The number of hydrogen-bond donors (Lipinski definition) is 1. The molecule has 1 rings (SSSR count). The lowest BCUT2D eigenvalue weighted by molar-refractivity contribution is 0.570. The average molecular weight is 338 g/mol. The molecule has 0 aliphatic heterocycles. The summed E-state index contributed by atoms with van der Waals surface area (Å²) in [6.07, 6.45) is 3.95. The van der Waals surface area contributed by atoms with Crippen LogP contribution < -0.4 is 4.72 Å². The van der Waals surface area contributed by atoms with Crippen molar-refractivity contribution in [3.05, 3.63) is 30.1 Å². The van der Waals surface area contributed by atoms with Crippen LogP contribution in [0.4, 0.5) is 4.39 Å². The first-order chi connectivity index (χ1) is 8.56. The Morgan fingerprint density at radius 2 is 1.89 bits per heavy atom. The van der Waals surface area contributed by atoms with Gasteiger partial charge >= 0.3 is 0 Å². The van der Waals surface area contributed by atoms with Crippen molar-refractivity contribution < 1.29 is 12.8 Å². The molecule has 0 saturated carbocycles. The van der Waals surface area contributed by atoms with Gasteiger partial charge in [0, 0.05) is 11.9 Å². The third-order valence-corrected chi connectivity index (χ3v) is 4.48. The topological polar surface area (TPSA) is 46.2 Å². The third kappa shape index (κ3) is 5.46. The molecule has 18 heavy (non-hydrogen) atoms. The van der Waals surface area contributed by atoms with Crippen LogP contribution in [0.25, 0.3) is 0 Å². The van der Waals surface area contributed by atoms with E-state index in [0.29, 0.717) is 6.54 Å². The number of halogens is 2. The van der Waals surface area contributed by atoms with Crippen molar-refractivity contribution in [1.82, 2.24) is 4.72 Å². The van der Waals surface area contributed by atoms with Gasteiger partial charge in [0.15, 0.2) is 0 Å². The minimum Gasteiger partial charge on any atom is -0.211 e. The fraction of sp³-hybridized carbons (Fsp3) is 0.500. The maximum absolute atomic E-state index is 12.9. The van der Waals surface area contributed by atoms with Crippen molar-refractivity contribution in [1.29, 1.82) is 0 Å². The Labute approximate surface area is 116 Å². The predicted octanol–water partition coefficient (Wildman–Crippen LogP) is 3.06. The van der Waals surface area contributed by atoms with Crippen molar-refractivity contribution in [3.8, 4) is 0 Å². The molecule has 0 amide bonds. The zero-order chi connectivity index (χ0) is 13.4. The van der Waals surface area contributed by atoms with Gasteiger partial charge in [-0.1, -0.05) is 34.8 Å². The second-order valence-corrected chi connectivity index (χ2v) is 6.52. The Balaban J connectivity index is 2.41. The molecule has 0 radical (unpaired) electrons. The molecule has 1 aromatic carbocycles. The highest BCUT2D eigenvalue weighted by molar-refractivity contribution is 9.09. The summed E-state index contributed by atoms with van der Waals surface area (Å²) in [5.74, 6) is -0.546. The van der Waals surface area contributed by atoms with Crippen molar-refractivity contribution in [3.63, 3.8) is 0 Å². The number of hydrogen-bond acceptors (Lipinski definition) is 2. The minimum absolute atomic E-state index is 0.0250. The Kier molecular flexibility index (Phi) is 6.81. The molecule has 0 saturated heterocycles. The Bertz CT molecular complexity index is 465. The van der Waals surface area contributed by atoms with Gasteiger partial charge in [-0.25, -0.2) is 17.5 Å². The van der Waals surface area contributed by atoms with E-state index < -0.39 is 15.8 Å². The maximum Gasteiger partial charge on any atom is 0.240 e. The van der Waals surface area contributed by atoms with E-state index in [9.17, 15) is 12.8 Å². The molecule has 0 spiro atoms. The van der Waals surface area contributed by atoms with Gasteiger partial charge in [-0.3, -0.25) is 0 Å². The van der Waals surface area contributed by atoms with Gasteiger partial charge in [0.2, 0.25) is 10.0 Å². The van der Waals surface area contributed by atoms with Crippen LogP contribution >= 0.6 is 15.9 Å². The van der Waals surface area contributed by atoms with E-state index in [1.165, 1.54) is 18.2 Å². The number of alkyl halides is 1. The average Bonchev–Trinajstić information content (AvgIpc) is 2.33. The summed E-state index contributed by atoms with van der Waals surface area (Å²) in [5, 5.41) is 0.974. The van der Waals surface area contributed by atoms with E-state index in [2.05, 4.69) is 20.7 Å². The predicted molar refractivity (Wildman–Crippen MR) is 73.9 cm³/mol. The van der Waals surface area contributed by atoms with Gasteiger partial charge < -0.3 is 0 Å². The van der Waals surface area contributed by atoms with Crippen molar-refractivity contribution in [2.75, 3.05) is 11.9 Å². The zero-order valence-corrected chi connectivity index (χ0v) is 12.4. The highest BCUT2D eigenvalue weighted by Gasteiger charge is 2.13. The quantitative estimate of drug-likeness (QED) is 0.585. The van der Waals surface area contributed by atoms with E-state index in [-0.39, 0.29) is 4.90 Å². The fourth-order valence-electron chi connectivity index (χ4n) is 1.50. The largest absolute Gasteiger partial charge is 0.240 e. The molecular weight excluding hydrogens is 321 g/mol. The second kappa shape index (κ2) is 7.86. The van der Waals surface area contributed by atoms with Gasteiger partial charge in [-0.05, 0) is 31.0 Å². The van der Waals surface area contributed by atoms with Crippen LogP contribution in [-0.4, -0.2) is 20.3 Å². The molecule has 6 heteroatoms. The maximum atomic E-state index is 12.9. The molecule has 102 valence electrons. The second-order valence-electron chi connectivity index (χ2n) is 3.96. The van der Waals surface area contributed by atoms with Crippen LogP contribution in [0.3, 0.4) is 0 Å². The molecule has 0 bridgehead atoms. The van der Waals surface area contributed by atoms with Crippen LogP contribution in [0.1, 0.15) is 25.7 Å². The summed E-state index contributed by atoms with van der Waals surface area (Å²) in [6.45, 7) is 0.390. The van der Waals surface area contributed by atoms with E-state index >= 15 is 0 Å². The van der Waals surface area contributed by atoms with Gasteiger partial charge in [0.25, 0.3) is 0 Å². The zero-order valence-electron chi connectivity index (χ0n) is 10.0. The molecule has 0 heterocycles. The molecule has 0 fully saturated rings. The molecule has 0 aliphatic rings. The molecule has 0 aromatic heterocycles. The summed E-state index contributed by atoms with van der Waals surface area (Å²) in [7, 11) is -3.57. The first kappa shape index (κ1) is 15.6. The van der Waals surface area contributed by atoms with Gasteiger partial charge in [0.05, 0.1) is 4.90 Å². The summed E-state index contributed by atoms with van der Waals surface area (Å²) in [6, 6.07) is 5.02. The highest BCUT2D eigenvalue weighted by atomic mass is 79.9. The van der Waals surface area contributed by atoms with Crippen LogP contribution in [0, 0.1) is 5.82 Å². The summed E-state index contributed by atoms with van der Waals surface area (Å²) in [4.78, 5) is -0.0250. The molecular formula is C12H17BrFNO2S. The number of rotatable bonds is 8. The smallest absolute Gasteiger partial charge is 0.211 e. The molecule has 1 N–H and O–H groups in total. The highest BCUT2D eigenvalue weighted by Crippen LogP contribution is 2.10. The van der Waals surface area contributed by atoms with E-state index in [0.717, 1.165) is 37.1 Å². The lowest BCUT2D eigenvalue weighted by Gasteiger charge is -2.06. The number of nitrogens with one attached hydrogen (secondary N) is 1. The van der Waals surface area contributed by atoms with Crippen molar-refractivity contribution in [2.45, 2.75) is 30.6 Å². The first-order valence-corrected chi connectivity index (χ1v) is 8.48. The molecule has 0 aliphatic carbocycles. The summed E-state index contributed by atoms with van der Waals surface area (Å²) < 4.78 is 39.0. The lowest BCUT2D eigenvalue weighted by Crippen LogP contribution is -2.24. The third-order valence-electron chi connectivity index (χ3n) is 2.46. The standard InChI is InChI=1S/C12H17BrFNO2S/c13-8-3-1-2-4-9-15-18(16,17)12-7-5-6-11(14)10-12/h5-7,10,15H,1-4,8-9H2. The molecule has 0 atom stereocenters. The normalized spacial score (nSPS) is 11.7. The Morgan fingerprint density at radius 1 is 1.17 bits per heavy atom. The Morgan fingerprint density at radius 3 is 2.56 bits per heavy atom. The van der Waals surface area contributed by atoms with Gasteiger partial charge in [0.1, 0.15) is 5.82 Å². The van der Waals surface area contributed by atoms with E-state index in [1.54, 1.807) is 0 Å². The monoisotopic (exact) mass is 337 g/mol. The number of benzene rings is 1. The van der Waals surface area contributed by atoms with E-state index in [1.807, 2.05) is 0 Å². The van der Waals surface area contributed by atoms with Gasteiger partial charge in [-0.15, -0.1) is 0 Å². The van der Waals surface area contributed by atoms with E-state index in [4.69, 9.17) is 0 Å². The van der Waals surface area contributed by atoms with Gasteiger partial charge in [-0.2, -0.15) is 0 Å². The molecule has 0 unspecified atom stereocenters. The minimum atomic E-state index is -3.57. The summed E-state index contributed by atoms with van der Waals surface area (Å²) >= 11 is 3.34. The number of sulfonamides is 1. The van der Waals surface area contributed by atoms with Crippen LogP contribution in [-0.2, 0) is 10.0 Å². The SMILES string of the molecule is O=S(=O)(NCCCCCCBr)c1cccc(F)c1. The molecule has 1 aromatic rings. The fourth-order valence-corrected chi connectivity index (χ4v) is 3.00. The van der Waals surface area contributed by atoms with Crippen molar-refractivity contribution >= 4 is 26.0 Å². The van der Waals surface area contributed by atoms with Crippen LogP contribution in [0.5, 0.6) is 0 Å². The van der Waals surface area contributed by atoms with Crippen LogP contribution in [0.2, 0.25) is 0 Å². The Hall–Kier alpha value is -0.460. The lowest BCUT2D eigenvalue weighted by atomic mass is 10.2. The first-order valence-electron chi connectivity index (χ1n) is 5.87. The summed E-state index contributed by atoms with van der Waals surface area (Å²) in [5.41, 5.74) is 0. The van der Waals surface area contributed by atoms with Crippen molar-refractivity contribution in [2.24, 2.45) is 0 Å². The molecule has 3 nitrogen and oxygen atoms in total. The van der Waals surface area contributed by atoms with Crippen LogP contribution in [0.15, 0.2) is 29.2 Å².